The van der Waals surface area contributed by atoms with Gasteiger partial charge in [0.25, 0.3) is 0 Å². The lowest BCUT2D eigenvalue weighted by Gasteiger charge is -1.80. The van der Waals surface area contributed by atoms with Gasteiger partial charge in [-0.3, -0.25) is 0 Å². The fourth-order valence-electron chi connectivity index (χ4n) is 0.988. The number of nitrogens with zero attached hydrogens (tertiary/aromatic N) is 1. The van der Waals surface area contributed by atoms with Crippen molar-refractivity contribution in [3.63, 3.8) is 0 Å². The van der Waals surface area contributed by atoms with E-state index in [1.165, 1.54) is 4.70 Å². The third-order valence-corrected chi connectivity index (χ3v) is 3.02. The van der Waals surface area contributed by atoms with E-state index in [1.54, 1.807) is 11.3 Å². The van der Waals surface area contributed by atoms with Crippen LogP contribution < -0.4 is 0 Å². The summed E-state index contributed by atoms with van der Waals surface area (Å²) in [6, 6.07) is 8.14. The molecule has 3 heteroatoms. The van der Waals surface area contributed by atoms with Gasteiger partial charge in [-0.1, -0.05) is 12.1 Å². The van der Waals surface area contributed by atoms with Gasteiger partial charge in [0.2, 0.25) is 0 Å². The van der Waals surface area contributed by atoms with Gasteiger partial charge in [-0.15, -0.1) is 11.3 Å². The van der Waals surface area contributed by atoms with Crippen molar-refractivity contribution in [3.8, 4) is 0 Å². The first-order valence-corrected chi connectivity index (χ1v) is 4.80. The van der Waals surface area contributed by atoms with Gasteiger partial charge in [0, 0.05) is 5.75 Å². The lowest BCUT2D eigenvalue weighted by molar-refractivity contribution is 1.32. The van der Waals surface area contributed by atoms with Crippen LogP contribution in [0.2, 0.25) is 0 Å². The normalized spacial score (nSPS) is 10.6. The van der Waals surface area contributed by atoms with E-state index in [2.05, 4.69) is 23.7 Å². The van der Waals surface area contributed by atoms with Crippen LogP contribution in [-0.4, -0.2) is 4.98 Å². The first kappa shape index (κ1) is 7.13. The third-order valence-electron chi connectivity index (χ3n) is 1.47. The highest BCUT2D eigenvalue weighted by Crippen LogP contribution is 2.22. The Balaban J connectivity index is 2.69. The summed E-state index contributed by atoms with van der Waals surface area (Å²) in [5.41, 5.74) is 1.08. The van der Waals surface area contributed by atoms with E-state index >= 15 is 0 Å². The van der Waals surface area contributed by atoms with Crippen molar-refractivity contribution in [2.45, 2.75) is 5.75 Å². The molecule has 0 saturated heterocycles. The van der Waals surface area contributed by atoms with Crippen LogP contribution in [0.5, 0.6) is 0 Å². The van der Waals surface area contributed by atoms with Crippen molar-refractivity contribution in [1.82, 2.24) is 4.98 Å². The molecule has 0 bridgehead atoms. The molecular formula is C8H7NS2. The summed E-state index contributed by atoms with van der Waals surface area (Å²) in [5, 5.41) is 1.09. The highest BCUT2D eigenvalue weighted by atomic mass is 32.1. The molecule has 1 heterocycles. The van der Waals surface area contributed by atoms with E-state index < -0.39 is 0 Å². The summed E-state index contributed by atoms with van der Waals surface area (Å²) in [5.74, 6) is 0.735. The molecule has 0 spiro atoms. The molecule has 0 saturated carbocycles. The standard InChI is InChI=1S/C8H7NS2/c10-5-8-9-6-3-1-2-4-7(6)11-8/h1-4,10H,5H2. The molecule has 1 aromatic carbocycles. The molecular weight excluding hydrogens is 174 g/mol. The zero-order valence-corrected chi connectivity index (χ0v) is 7.53. The van der Waals surface area contributed by atoms with Gasteiger partial charge >= 0.3 is 0 Å². The molecule has 1 aromatic heterocycles. The average molecular weight is 181 g/mol. The second kappa shape index (κ2) is 2.83. The fraction of sp³-hybridized carbons (Fsp3) is 0.125. The van der Waals surface area contributed by atoms with Gasteiger partial charge in [0.1, 0.15) is 5.01 Å². The molecule has 0 aliphatic carbocycles. The summed E-state index contributed by atoms with van der Waals surface area (Å²) in [7, 11) is 0. The molecule has 0 aliphatic heterocycles. The molecule has 1 nitrogen and oxygen atoms in total. The molecule has 0 N–H and O–H groups in total. The van der Waals surface area contributed by atoms with Gasteiger partial charge in [0.15, 0.2) is 0 Å². The molecule has 11 heavy (non-hydrogen) atoms. The third kappa shape index (κ3) is 1.26. The second-order valence-corrected chi connectivity index (χ2v) is 3.66. The highest BCUT2D eigenvalue weighted by Gasteiger charge is 1.98. The van der Waals surface area contributed by atoms with Crippen molar-refractivity contribution in [1.29, 1.82) is 0 Å². The number of fused-ring (bicyclic) bond motifs is 1. The second-order valence-electron chi connectivity index (χ2n) is 2.23. The van der Waals surface area contributed by atoms with Crippen LogP contribution in [0.25, 0.3) is 10.2 Å². The Labute approximate surface area is 74.5 Å². The summed E-state index contributed by atoms with van der Waals surface area (Å²) in [6.07, 6.45) is 0. The maximum Gasteiger partial charge on any atom is 0.103 e. The molecule has 2 aromatic rings. The quantitative estimate of drug-likeness (QED) is 0.667. The van der Waals surface area contributed by atoms with Crippen LogP contribution in [0, 0.1) is 0 Å². The number of rotatable bonds is 1. The van der Waals surface area contributed by atoms with Crippen LogP contribution in [0.3, 0.4) is 0 Å². The Bertz CT molecular complexity index is 334. The molecule has 2 rings (SSSR count). The van der Waals surface area contributed by atoms with Crippen molar-refractivity contribution in [3.05, 3.63) is 29.3 Å². The first-order valence-electron chi connectivity index (χ1n) is 3.35. The minimum absolute atomic E-state index is 0.735. The molecule has 0 fully saturated rings. The van der Waals surface area contributed by atoms with E-state index in [0.717, 1.165) is 16.3 Å². The summed E-state index contributed by atoms with van der Waals surface area (Å²) in [4.78, 5) is 4.37. The summed E-state index contributed by atoms with van der Waals surface area (Å²) < 4.78 is 1.25. The molecule has 56 valence electrons. The SMILES string of the molecule is SCc1nc2ccccc2s1. The molecule has 0 unspecified atom stereocenters. The van der Waals surface area contributed by atoms with E-state index in [9.17, 15) is 0 Å². The Morgan fingerprint density at radius 2 is 2.18 bits per heavy atom. The van der Waals surface area contributed by atoms with E-state index in [1.807, 2.05) is 18.2 Å². The molecule has 0 amide bonds. The Morgan fingerprint density at radius 1 is 1.36 bits per heavy atom. The largest absolute Gasteiger partial charge is 0.240 e. The number of thiazole rings is 1. The van der Waals surface area contributed by atoms with Crippen LogP contribution >= 0.6 is 24.0 Å². The van der Waals surface area contributed by atoms with Gasteiger partial charge in [-0.25, -0.2) is 4.98 Å². The number of thiol groups is 1. The Morgan fingerprint density at radius 3 is 2.91 bits per heavy atom. The van der Waals surface area contributed by atoms with Crippen molar-refractivity contribution in [2.24, 2.45) is 0 Å². The van der Waals surface area contributed by atoms with Crippen molar-refractivity contribution < 1.29 is 0 Å². The summed E-state index contributed by atoms with van der Waals surface area (Å²) in [6.45, 7) is 0. The Kier molecular flexibility index (Phi) is 1.84. The van der Waals surface area contributed by atoms with Crippen LogP contribution in [0.4, 0.5) is 0 Å². The molecule has 0 atom stereocenters. The lowest BCUT2D eigenvalue weighted by Crippen LogP contribution is -1.70. The maximum atomic E-state index is 4.37. The number of hydrogen-bond acceptors (Lipinski definition) is 3. The minimum Gasteiger partial charge on any atom is -0.240 e. The summed E-state index contributed by atoms with van der Waals surface area (Å²) >= 11 is 5.88. The number of para-hydroxylation sites is 1. The first-order chi connectivity index (χ1) is 5.40. The number of hydrogen-bond donors (Lipinski definition) is 1. The monoisotopic (exact) mass is 181 g/mol. The van der Waals surface area contributed by atoms with Gasteiger partial charge in [0.05, 0.1) is 10.2 Å². The van der Waals surface area contributed by atoms with E-state index in [4.69, 9.17) is 0 Å². The van der Waals surface area contributed by atoms with Crippen molar-refractivity contribution in [2.75, 3.05) is 0 Å². The van der Waals surface area contributed by atoms with Crippen LogP contribution in [-0.2, 0) is 5.75 Å². The zero-order valence-electron chi connectivity index (χ0n) is 5.82. The predicted octanol–water partition coefficient (Wildman–Crippen LogP) is 2.73. The molecule has 0 aliphatic rings. The maximum absolute atomic E-state index is 4.37. The van der Waals surface area contributed by atoms with Gasteiger partial charge < -0.3 is 0 Å². The predicted molar refractivity (Wildman–Crippen MR) is 52.3 cm³/mol. The fourth-order valence-corrected chi connectivity index (χ4v) is 2.08. The minimum atomic E-state index is 0.735. The smallest absolute Gasteiger partial charge is 0.103 e. The lowest BCUT2D eigenvalue weighted by atomic mass is 10.3. The van der Waals surface area contributed by atoms with Crippen molar-refractivity contribution >= 4 is 34.2 Å². The topological polar surface area (TPSA) is 12.9 Å². The van der Waals surface area contributed by atoms with Gasteiger partial charge in [-0.2, -0.15) is 12.6 Å². The number of benzene rings is 1. The number of aromatic nitrogens is 1. The van der Waals surface area contributed by atoms with Crippen LogP contribution in [0.15, 0.2) is 24.3 Å². The van der Waals surface area contributed by atoms with E-state index in [0.29, 0.717) is 0 Å². The Hall–Kier alpha value is -0.540. The highest BCUT2D eigenvalue weighted by molar-refractivity contribution is 7.79. The van der Waals surface area contributed by atoms with Crippen LogP contribution in [0.1, 0.15) is 5.01 Å². The zero-order chi connectivity index (χ0) is 7.68. The van der Waals surface area contributed by atoms with E-state index in [-0.39, 0.29) is 0 Å². The van der Waals surface area contributed by atoms with Gasteiger partial charge in [-0.05, 0) is 12.1 Å². The average Bonchev–Trinajstić information content (AvgIpc) is 2.46. The molecule has 0 radical (unpaired) electrons.